The molecule has 0 bridgehead atoms. The molecule has 6 nitrogen and oxygen atoms in total. The Labute approximate surface area is 163 Å². The van der Waals surface area contributed by atoms with E-state index in [4.69, 9.17) is 28.4 Å². The topological polar surface area (TPSA) is 55.4 Å². The van der Waals surface area contributed by atoms with Crippen molar-refractivity contribution in [1.82, 2.24) is 0 Å². The van der Waals surface area contributed by atoms with Crippen LogP contribution in [0, 0.1) is 0 Å². The quantitative estimate of drug-likeness (QED) is 0.403. The Kier molecular flexibility index (Phi) is 8.21. The lowest BCUT2D eigenvalue weighted by atomic mass is 10.1. The molecule has 0 unspecified atom stereocenters. The lowest BCUT2D eigenvalue weighted by Crippen LogP contribution is -2.46. The Morgan fingerprint density at radius 1 is 1.19 bits per heavy atom. The lowest BCUT2D eigenvalue weighted by Gasteiger charge is -2.30. The fourth-order valence-electron chi connectivity index (χ4n) is 3.08. The molecule has 6 heteroatoms. The fourth-order valence-corrected chi connectivity index (χ4v) is 3.08. The first-order valence-corrected chi connectivity index (χ1v) is 9.44. The zero-order valence-electron chi connectivity index (χ0n) is 17.2. The molecule has 0 spiro atoms. The summed E-state index contributed by atoms with van der Waals surface area (Å²) < 4.78 is 35.9. The summed E-state index contributed by atoms with van der Waals surface area (Å²) in [6.45, 7) is 19.0. The Morgan fingerprint density at radius 2 is 1.93 bits per heavy atom. The summed E-state index contributed by atoms with van der Waals surface area (Å²) in [6, 6.07) is 0. The molecule has 27 heavy (non-hydrogen) atoms. The normalized spacial score (nSPS) is 30.0. The van der Waals surface area contributed by atoms with Gasteiger partial charge in [-0.2, -0.15) is 0 Å². The average Bonchev–Trinajstić information content (AvgIpc) is 3.03. The third-order valence-electron chi connectivity index (χ3n) is 4.24. The molecule has 0 aromatic carbocycles. The summed E-state index contributed by atoms with van der Waals surface area (Å²) in [4.78, 5) is 0. The van der Waals surface area contributed by atoms with Crippen LogP contribution in [0.2, 0.25) is 0 Å². The van der Waals surface area contributed by atoms with E-state index in [1.165, 1.54) is 5.57 Å². The third kappa shape index (κ3) is 6.52. The molecule has 0 aliphatic carbocycles. The van der Waals surface area contributed by atoms with Gasteiger partial charge in [0.15, 0.2) is 12.1 Å². The van der Waals surface area contributed by atoms with Gasteiger partial charge in [0.2, 0.25) is 0 Å². The van der Waals surface area contributed by atoms with Crippen LogP contribution in [0.4, 0.5) is 0 Å². The second-order valence-electron chi connectivity index (χ2n) is 7.78. The van der Waals surface area contributed by atoms with E-state index in [1.54, 1.807) is 6.08 Å². The van der Waals surface area contributed by atoms with Crippen molar-refractivity contribution in [2.75, 3.05) is 26.4 Å². The number of rotatable bonds is 11. The van der Waals surface area contributed by atoms with E-state index >= 15 is 0 Å². The van der Waals surface area contributed by atoms with E-state index < -0.39 is 12.1 Å². The number of fused-ring (bicyclic) bond motifs is 1. The number of allylic oxidation sites excluding steroid dienone is 1. The zero-order valence-corrected chi connectivity index (χ0v) is 17.2. The molecule has 2 aliphatic heterocycles. The van der Waals surface area contributed by atoms with Crippen LogP contribution in [0.25, 0.3) is 0 Å². The Morgan fingerprint density at radius 3 is 2.56 bits per heavy atom. The molecule has 2 aliphatic rings. The second kappa shape index (κ2) is 9.96. The molecule has 0 radical (unpaired) electrons. The van der Waals surface area contributed by atoms with Crippen LogP contribution in [0.5, 0.6) is 0 Å². The molecule has 2 saturated heterocycles. The maximum absolute atomic E-state index is 6.16. The first-order chi connectivity index (χ1) is 12.7. The van der Waals surface area contributed by atoms with Crippen LogP contribution in [0.3, 0.4) is 0 Å². The zero-order chi connectivity index (χ0) is 20.0. The molecule has 5 atom stereocenters. The minimum Gasteiger partial charge on any atom is -0.375 e. The predicted molar refractivity (Wildman–Crippen MR) is 103 cm³/mol. The van der Waals surface area contributed by atoms with Crippen molar-refractivity contribution in [1.29, 1.82) is 0 Å². The minimum absolute atomic E-state index is 0.321. The number of ether oxygens (including phenoxy) is 6. The number of hydrogen-bond donors (Lipinski definition) is 0. The van der Waals surface area contributed by atoms with Crippen molar-refractivity contribution in [2.45, 2.75) is 71.1 Å². The first-order valence-electron chi connectivity index (χ1n) is 9.44. The Balaban J connectivity index is 2.12. The maximum atomic E-state index is 6.16. The van der Waals surface area contributed by atoms with Gasteiger partial charge in [-0.1, -0.05) is 29.9 Å². The highest BCUT2D eigenvalue weighted by atomic mass is 16.8. The summed E-state index contributed by atoms with van der Waals surface area (Å²) in [7, 11) is 0. The van der Waals surface area contributed by atoms with Crippen LogP contribution in [-0.4, -0.2) is 62.9 Å². The van der Waals surface area contributed by atoms with Crippen LogP contribution >= 0.6 is 0 Å². The van der Waals surface area contributed by atoms with Gasteiger partial charge in [-0.05, 0) is 34.6 Å². The van der Waals surface area contributed by atoms with Crippen molar-refractivity contribution >= 4 is 0 Å². The minimum atomic E-state index is -0.705. The summed E-state index contributed by atoms with van der Waals surface area (Å²) in [5.74, 6) is -0.705. The molecule has 154 valence electrons. The smallest absolute Gasteiger partial charge is 0.190 e. The van der Waals surface area contributed by atoms with Crippen molar-refractivity contribution in [2.24, 2.45) is 0 Å². The molecule has 2 rings (SSSR count). The second-order valence-corrected chi connectivity index (χ2v) is 7.78. The van der Waals surface area contributed by atoms with Gasteiger partial charge in [0.25, 0.3) is 0 Å². The monoisotopic (exact) mass is 382 g/mol. The van der Waals surface area contributed by atoms with Gasteiger partial charge in [0.1, 0.15) is 24.4 Å². The highest BCUT2D eigenvalue weighted by molar-refractivity contribution is 5.00. The molecule has 2 heterocycles. The molecule has 0 amide bonds. The first kappa shape index (κ1) is 22.3. The largest absolute Gasteiger partial charge is 0.375 e. The fraction of sp³-hybridized carbons (Fsp3) is 0.714. The molecule has 0 N–H and O–H groups in total. The molecule has 0 aromatic rings. The molecule has 2 fully saturated rings. The molecule has 0 aromatic heterocycles. The third-order valence-corrected chi connectivity index (χ3v) is 4.24. The lowest BCUT2D eigenvalue weighted by molar-refractivity contribution is -0.234. The van der Waals surface area contributed by atoms with E-state index in [0.29, 0.717) is 26.4 Å². The van der Waals surface area contributed by atoms with Crippen molar-refractivity contribution in [3.05, 3.63) is 36.5 Å². The highest BCUT2D eigenvalue weighted by Crippen LogP contribution is 2.40. The van der Waals surface area contributed by atoms with Gasteiger partial charge in [-0.3, -0.25) is 0 Å². The average molecular weight is 382 g/mol. The van der Waals surface area contributed by atoms with Crippen molar-refractivity contribution in [3.8, 4) is 0 Å². The number of hydrogen-bond acceptors (Lipinski definition) is 6. The van der Waals surface area contributed by atoms with Crippen LogP contribution in [0.1, 0.15) is 34.6 Å². The molecule has 0 saturated carbocycles. The van der Waals surface area contributed by atoms with Gasteiger partial charge in [-0.25, -0.2) is 0 Å². The summed E-state index contributed by atoms with van der Waals surface area (Å²) in [5.41, 5.74) is 2.12. The van der Waals surface area contributed by atoms with Gasteiger partial charge in [-0.15, -0.1) is 6.58 Å². The predicted octanol–water partition coefficient (Wildman–Crippen LogP) is 3.38. The van der Waals surface area contributed by atoms with E-state index in [0.717, 1.165) is 5.57 Å². The Hall–Kier alpha value is -1.02. The van der Waals surface area contributed by atoms with Gasteiger partial charge >= 0.3 is 0 Å². The highest BCUT2D eigenvalue weighted by Gasteiger charge is 2.57. The molecular weight excluding hydrogens is 348 g/mol. The van der Waals surface area contributed by atoms with E-state index in [1.807, 2.05) is 40.7 Å². The van der Waals surface area contributed by atoms with Gasteiger partial charge < -0.3 is 28.4 Å². The van der Waals surface area contributed by atoms with Crippen molar-refractivity contribution in [3.63, 3.8) is 0 Å². The SMILES string of the molecule is C=CCOC[C@@H](OCC=C(C)C)[C@H]1O[C@@H]2OC(C)(C)O[C@@H]2[C@H]1OCC(=C)C. The van der Waals surface area contributed by atoms with Crippen molar-refractivity contribution < 1.29 is 28.4 Å². The summed E-state index contributed by atoms with van der Waals surface area (Å²) in [5, 5.41) is 0. The van der Waals surface area contributed by atoms with E-state index in [9.17, 15) is 0 Å². The standard InChI is InChI=1S/C21H34O6/c1-8-10-22-13-16(23-11-9-14(2)3)17-18(24-12-15(4)5)19-20(25-17)27-21(6,7)26-19/h8-9,16-20H,1,4,10-13H2,2-3,5-7H3/t16-,17-,18+,19-,20-/m1/s1. The van der Waals surface area contributed by atoms with E-state index in [2.05, 4.69) is 13.2 Å². The van der Waals surface area contributed by atoms with Crippen LogP contribution in [0.15, 0.2) is 36.5 Å². The summed E-state index contributed by atoms with van der Waals surface area (Å²) >= 11 is 0. The molecular formula is C21H34O6. The van der Waals surface area contributed by atoms with E-state index in [-0.39, 0.29) is 24.4 Å². The van der Waals surface area contributed by atoms with Gasteiger partial charge in [0, 0.05) is 0 Å². The van der Waals surface area contributed by atoms with Crippen LogP contribution < -0.4 is 0 Å². The summed E-state index contributed by atoms with van der Waals surface area (Å²) in [6.07, 6.45) is 1.89. The van der Waals surface area contributed by atoms with Crippen LogP contribution in [-0.2, 0) is 28.4 Å². The van der Waals surface area contributed by atoms with Gasteiger partial charge in [0.05, 0.1) is 26.4 Å². The maximum Gasteiger partial charge on any atom is 0.190 e. The Bertz CT molecular complexity index is 537.